The van der Waals surface area contributed by atoms with Crippen molar-refractivity contribution < 1.29 is 0 Å². The molecule has 0 unspecified atom stereocenters. The van der Waals surface area contributed by atoms with Gasteiger partial charge in [-0.15, -0.1) is 0 Å². The second-order valence-electron chi connectivity index (χ2n) is 5.34. The van der Waals surface area contributed by atoms with Crippen LogP contribution in [0.15, 0.2) is 82.3 Å². The van der Waals surface area contributed by atoms with Crippen LogP contribution in [0, 0.1) is 0 Å². The summed E-state index contributed by atoms with van der Waals surface area (Å²) in [6, 6.07) is 14.2. The highest BCUT2D eigenvalue weighted by atomic mass is 32.2. The lowest BCUT2D eigenvalue weighted by atomic mass is 10.0. The number of pyridine rings is 2. The maximum Gasteiger partial charge on any atom is 0.0992 e. The van der Waals surface area contributed by atoms with Gasteiger partial charge >= 0.3 is 0 Å². The molecule has 3 nitrogen and oxygen atoms in total. The molecule has 4 rings (SSSR count). The van der Waals surface area contributed by atoms with E-state index in [1.807, 2.05) is 43.5 Å². The minimum absolute atomic E-state index is 0.861. The molecule has 3 heterocycles. The summed E-state index contributed by atoms with van der Waals surface area (Å²) in [6.45, 7) is 5.77. The summed E-state index contributed by atoms with van der Waals surface area (Å²) in [5, 5.41) is 1.12. The van der Waals surface area contributed by atoms with Gasteiger partial charge in [0.25, 0.3) is 0 Å². The summed E-state index contributed by atoms with van der Waals surface area (Å²) >= 11 is 1.71. The first-order valence-electron chi connectivity index (χ1n) is 7.70. The molecule has 3 aromatic rings. The second-order valence-corrected chi connectivity index (χ2v) is 6.42. The molecular weight excluding hydrogens is 314 g/mol. The van der Waals surface area contributed by atoms with E-state index in [1.54, 1.807) is 18.0 Å². The van der Waals surface area contributed by atoms with Crippen molar-refractivity contribution in [2.24, 2.45) is 4.99 Å². The average molecular weight is 329 g/mol. The molecule has 116 valence electrons. The van der Waals surface area contributed by atoms with Crippen LogP contribution in [0.25, 0.3) is 22.3 Å². The van der Waals surface area contributed by atoms with Crippen LogP contribution >= 0.6 is 11.8 Å². The van der Waals surface area contributed by atoms with E-state index in [1.165, 1.54) is 0 Å². The second kappa shape index (κ2) is 6.06. The first-order valence-corrected chi connectivity index (χ1v) is 8.52. The molecule has 0 aliphatic carbocycles. The molecule has 1 aliphatic heterocycles. The quantitative estimate of drug-likeness (QED) is 0.645. The van der Waals surface area contributed by atoms with Crippen molar-refractivity contribution in [2.45, 2.75) is 11.8 Å². The monoisotopic (exact) mass is 329 g/mol. The lowest BCUT2D eigenvalue weighted by Crippen LogP contribution is -2.02. The van der Waals surface area contributed by atoms with E-state index in [-0.39, 0.29) is 0 Å². The lowest BCUT2D eigenvalue weighted by Gasteiger charge is -2.08. The lowest BCUT2D eigenvalue weighted by molar-refractivity contribution is 1.22. The molecule has 0 saturated heterocycles. The van der Waals surface area contributed by atoms with Gasteiger partial charge in [0.1, 0.15) is 0 Å². The number of benzene rings is 1. The normalized spacial score (nSPS) is 16.7. The molecule has 2 aromatic heterocycles. The van der Waals surface area contributed by atoms with Gasteiger partial charge < -0.3 is 0 Å². The minimum Gasteiger partial charge on any atom is -0.256 e. The van der Waals surface area contributed by atoms with E-state index < -0.39 is 0 Å². The van der Waals surface area contributed by atoms with Crippen molar-refractivity contribution in [3.05, 3.63) is 78.0 Å². The zero-order chi connectivity index (χ0) is 16.5. The van der Waals surface area contributed by atoms with Crippen LogP contribution in [0.1, 0.15) is 12.5 Å². The van der Waals surface area contributed by atoms with Gasteiger partial charge in [-0.3, -0.25) is 9.98 Å². The number of hydrogen-bond donors (Lipinski definition) is 0. The molecule has 0 fully saturated rings. The van der Waals surface area contributed by atoms with Crippen molar-refractivity contribution >= 4 is 28.4 Å². The Balaban J connectivity index is 1.96. The largest absolute Gasteiger partial charge is 0.256 e. The van der Waals surface area contributed by atoms with Crippen LogP contribution in [-0.4, -0.2) is 15.7 Å². The number of aromatic nitrogens is 2. The Morgan fingerprint density at radius 2 is 2.00 bits per heavy atom. The van der Waals surface area contributed by atoms with Gasteiger partial charge in [-0.05, 0) is 25.1 Å². The molecule has 0 N–H and O–H groups in total. The van der Waals surface area contributed by atoms with Gasteiger partial charge in [0.15, 0.2) is 0 Å². The summed E-state index contributed by atoms with van der Waals surface area (Å²) in [5.74, 6) is 0. The Labute approximate surface area is 144 Å². The third kappa shape index (κ3) is 2.36. The summed E-state index contributed by atoms with van der Waals surface area (Å²) in [5.41, 5.74) is 4.65. The van der Waals surface area contributed by atoms with Crippen molar-refractivity contribution in [1.82, 2.24) is 9.97 Å². The molecular formula is C20H15N3S. The van der Waals surface area contributed by atoms with Gasteiger partial charge in [-0.2, -0.15) is 0 Å². The Morgan fingerprint density at radius 3 is 2.83 bits per heavy atom. The molecule has 0 spiro atoms. The van der Waals surface area contributed by atoms with E-state index in [0.717, 1.165) is 43.4 Å². The number of allylic oxidation sites excluding steroid dienone is 2. The van der Waals surface area contributed by atoms with Crippen molar-refractivity contribution in [3.63, 3.8) is 0 Å². The standard InChI is InChI=1S/C20H15N3S/c1-3-16-20(21-4-2)18-17(24-16)11-12-22-19(18)15-10-9-13-7-5-6-8-14(13)23-15/h3-12H,2H2,1H3/b16-3+,21-20?. The van der Waals surface area contributed by atoms with Crippen LogP contribution in [0.4, 0.5) is 0 Å². The number of fused-ring (bicyclic) bond motifs is 2. The summed E-state index contributed by atoms with van der Waals surface area (Å²) in [7, 11) is 0. The maximum atomic E-state index is 4.80. The number of aliphatic imine (C=N–C) groups is 1. The van der Waals surface area contributed by atoms with Crippen LogP contribution in [0.5, 0.6) is 0 Å². The smallest absolute Gasteiger partial charge is 0.0992 e. The van der Waals surface area contributed by atoms with E-state index in [0.29, 0.717) is 0 Å². The summed E-state index contributed by atoms with van der Waals surface area (Å²) in [4.78, 5) is 16.2. The predicted octanol–water partition coefficient (Wildman–Crippen LogP) is 5.24. The van der Waals surface area contributed by atoms with Crippen LogP contribution in [0.3, 0.4) is 0 Å². The fourth-order valence-corrected chi connectivity index (χ4v) is 3.89. The Bertz CT molecular complexity index is 1020. The SMILES string of the molecule is C=CN=C1/C(=C\C)Sc2ccnc(-c3ccc4ccccc4n3)c21. The minimum atomic E-state index is 0.861. The van der Waals surface area contributed by atoms with Gasteiger partial charge in [0, 0.05) is 33.1 Å². The first-order chi connectivity index (χ1) is 11.8. The third-order valence-corrected chi connectivity index (χ3v) is 5.14. The molecule has 4 heteroatoms. The molecule has 0 amide bonds. The molecule has 24 heavy (non-hydrogen) atoms. The first kappa shape index (κ1) is 14.8. The van der Waals surface area contributed by atoms with E-state index in [2.05, 4.69) is 34.8 Å². The Kier molecular flexibility index (Phi) is 3.75. The van der Waals surface area contributed by atoms with Crippen LogP contribution in [0.2, 0.25) is 0 Å². The van der Waals surface area contributed by atoms with Crippen molar-refractivity contribution in [1.29, 1.82) is 0 Å². The number of rotatable bonds is 2. The van der Waals surface area contributed by atoms with Gasteiger partial charge in [-0.1, -0.05) is 48.7 Å². The van der Waals surface area contributed by atoms with Gasteiger partial charge in [0.2, 0.25) is 0 Å². The molecule has 1 aliphatic rings. The number of para-hydroxylation sites is 1. The highest BCUT2D eigenvalue weighted by Crippen LogP contribution is 2.43. The highest BCUT2D eigenvalue weighted by molar-refractivity contribution is 8.04. The topological polar surface area (TPSA) is 38.1 Å². The predicted molar refractivity (Wildman–Crippen MR) is 101 cm³/mol. The summed E-state index contributed by atoms with van der Waals surface area (Å²) < 4.78 is 0. The number of hydrogen-bond acceptors (Lipinski definition) is 4. The molecule has 1 aromatic carbocycles. The Morgan fingerprint density at radius 1 is 1.12 bits per heavy atom. The fourth-order valence-electron chi connectivity index (χ4n) is 2.86. The van der Waals surface area contributed by atoms with Crippen molar-refractivity contribution in [2.75, 3.05) is 0 Å². The number of thioether (sulfide) groups is 1. The molecule has 0 atom stereocenters. The zero-order valence-corrected chi connectivity index (χ0v) is 14.0. The van der Waals surface area contributed by atoms with E-state index in [9.17, 15) is 0 Å². The highest BCUT2D eigenvalue weighted by Gasteiger charge is 2.27. The fraction of sp³-hybridized carbons (Fsp3) is 0.0500. The third-order valence-electron chi connectivity index (χ3n) is 3.93. The maximum absolute atomic E-state index is 4.80. The molecule has 0 bridgehead atoms. The Hall–Kier alpha value is -2.72. The summed E-state index contributed by atoms with van der Waals surface area (Å²) in [6.07, 6.45) is 5.49. The molecule has 0 radical (unpaired) electrons. The van der Waals surface area contributed by atoms with Gasteiger partial charge in [-0.25, -0.2) is 4.98 Å². The average Bonchev–Trinajstić information content (AvgIpc) is 2.99. The van der Waals surface area contributed by atoms with Gasteiger partial charge in [0.05, 0.1) is 22.6 Å². The molecule has 0 saturated carbocycles. The van der Waals surface area contributed by atoms with Crippen molar-refractivity contribution in [3.8, 4) is 11.4 Å². The van der Waals surface area contributed by atoms with Crippen LogP contribution < -0.4 is 0 Å². The zero-order valence-electron chi connectivity index (χ0n) is 13.2. The number of nitrogens with zero attached hydrogens (tertiary/aromatic N) is 3. The van der Waals surface area contributed by atoms with E-state index >= 15 is 0 Å². The van der Waals surface area contributed by atoms with Crippen LogP contribution in [-0.2, 0) is 0 Å². The van der Waals surface area contributed by atoms with E-state index in [4.69, 9.17) is 4.98 Å².